The van der Waals surface area contributed by atoms with Crippen molar-refractivity contribution in [3.05, 3.63) is 53.6 Å². The fourth-order valence-corrected chi connectivity index (χ4v) is 5.16. The van der Waals surface area contributed by atoms with E-state index in [9.17, 15) is 28.5 Å². The van der Waals surface area contributed by atoms with Gasteiger partial charge in [0.05, 0.1) is 16.5 Å². The maximum atomic E-state index is 13.1. The second-order valence-corrected chi connectivity index (χ2v) is 12.4. The number of likely N-dealkylation sites (tertiary alicyclic amines) is 1. The molecule has 1 N–H and O–H groups in total. The number of carbonyl (C=O) groups excluding carboxylic acids is 2. The number of nitriles is 2. The average molecular weight is 537 g/mol. The quantitative estimate of drug-likeness (QED) is 0.589. The molecule has 3 rings (SSSR count). The topological polar surface area (TPSA) is 140 Å². The van der Waals surface area contributed by atoms with Crippen molar-refractivity contribution in [3.8, 4) is 23.3 Å². The monoisotopic (exact) mass is 536 g/mol. The molecule has 0 aromatic heterocycles. The zero-order chi connectivity index (χ0) is 28.1. The first-order valence-corrected chi connectivity index (χ1v) is 14.2. The molecule has 0 aliphatic carbocycles. The highest BCUT2D eigenvalue weighted by Gasteiger charge is 2.35. The maximum absolute atomic E-state index is 13.1. The third kappa shape index (κ3) is 7.33. The van der Waals surface area contributed by atoms with Gasteiger partial charge in [0, 0.05) is 19.2 Å². The van der Waals surface area contributed by atoms with Crippen LogP contribution in [-0.4, -0.2) is 55.8 Å². The van der Waals surface area contributed by atoms with Crippen LogP contribution < -0.4 is 5.32 Å². The van der Waals surface area contributed by atoms with Crippen LogP contribution in [0, 0.1) is 22.7 Å². The number of sulfone groups is 1. The molecule has 38 heavy (non-hydrogen) atoms. The van der Waals surface area contributed by atoms with Crippen molar-refractivity contribution in [3.63, 3.8) is 0 Å². The molecule has 2 amide bonds. The molecule has 2 atom stereocenters. The van der Waals surface area contributed by atoms with Crippen LogP contribution in [0.1, 0.15) is 51.2 Å². The molecular weight excluding hydrogens is 504 g/mol. The third-order valence-corrected chi connectivity index (χ3v) is 7.27. The second kappa shape index (κ2) is 11.7. The molecule has 200 valence electrons. The van der Waals surface area contributed by atoms with E-state index in [-0.39, 0.29) is 22.8 Å². The summed E-state index contributed by atoms with van der Waals surface area (Å²) in [5, 5.41) is 21.7. The Morgan fingerprint density at radius 2 is 1.76 bits per heavy atom. The number of benzene rings is 2. The van der Waals surface area contributed by atoms with Crippen molar-refractivity contribution >= 4 is 21.8 Å². The van der Waals surface area contributed by atoms with Crippen molar-refractivity contribution in [1.29, 1.82) is 10.5 Å². The summed E-state index contributed by atoms with van der Waals surface area (Å²) in [6, 6.07) is 14.4. The summed E-state index contributed by atoms with van der Waals surface area (Å²) < 4.78 is 29.6. The van der Waals surface area contributed by atoms with Crippen molar-refractivity contribution in [1.82, 2.24) is 10.2 Å². The van der Waals surface area contributed by atoms with Crippen molar-refractivity contribution < 1.29 is 22.7 Å². The highest BCUT2D eigenvalue weighted by molar-refractivity contribution is 7.90. The normalized spacial score (nSPS) is 16.6. The molecule has 1 fully saturated rings. The summed E-state index contributed by atoms with van der Waals surface area (Å²) in [5.74, 6) is -0.385. The van der Waals surface area contributed by atoms with E-state index in [2.05, 4.69) is 11.4 Å². The Morgan fingerprint density at radius 3 is 2.34 bits per heavy atom. The van der Waals surface area contributed by atoms with Crippen LogP contribution in [0.2, 0.25) is 0 Å². The largest absolute Gasteiger partial charge is 0.444 e. The fraction of sp³-hybridized carbons (Fsp3) is 0.429. The Bertz CT molecular complexity index is 1380. The maximum Gasteiger partial charge on any atom is 0.410 e. The van der Waals surface area contributed by atoms with E-state index in [0.717, 1.165) is 30.2 Å². The SMILES string of the molecule is CC(C)(C)OC(=O)N1CCCCC1C(=O)NC(C#N)Cc1ccc(-c2ccc(C#N)c(S(C)(=O)=O)c2)cc1. The van der Waals surface area contributed by atoms with Crippen molar-refractivity contribution in [2.75, 3.05) is 12.8 Å². The number of amides is 2. The van der Waals surface area contributed by atoms with Crippen molar-refractivity contribution in [2.24, 2.45) is 0 Å². The predicted molar refractivity (Wildman–Crippen MR) is 142 cm³/mol. The van der Waals surface area contributed by atoms with Gasteiger partial charge in [-0.25, -0.2) is 13.2 Å². The van der Waals surface area contributed by atoms with Crippen LogP contribution in [0.4, 0.5) is 4.79 Å². The van der Waals surface area contributed by atoms with E-state index in [1.807, 2.05) is 6.07 Å². The van der Waals surface area contributed by atoms with Gasteiger partial charge in [-0.1, -0.05) is 30.3 Å². The molecule has 0 saturated carbocycles. The summed E-state index contributed by atoms with van der Waals surface area (Å²) in [6.45, 7) is 5.73. The lowest BCUT2D eigenvalue weighted by molar-refractivity contribution is -0.128. The number of piperidine rings is 1. The Balaban J connectivity index is 1.71. The summed E-state index contributed by atoms with van der Waals surface area (Å²) in [6.07, 6.45) is 2.85. The number of nitrogens with zero attached hydrogens (tertiary/aromatic N) is 3. The second-order valence-electron chi connectivity index (χ2n) is 10.4. The van der Waals surface area contributed by atoms with Gasteiger partial charge in [0.1, 0.15) is 23.8 Å². The van der Waals surface area contributed by atoms with Gasteiger partial charge in [0.25, 0.3) is 0 Å². The molecule has 2 aromatic rings. The molecular formula is C28H32N4O5S. The number of ether oxygens (including phenoxy) is 1. The minimum absolute atomic E-state index is 0.0306. The Labute approximate surface area is 223 Å². The Hall–Kier alpha value is -3.89. The highest BCUT2D eigenvalue weighted by Crippen LogP contribution is 2.26. The standard InChI is InChI=1S/C28H32N4O5S/c1-28(2,3)37-27(34)32-14-6-5-7-24(32)26(33)31-23(18-30)15-19-8-10-20(11-9-19)21-12-13-22(17-29)25(16-21)38(4,35)36/h8-13,16,23-24H,5-7,14-15H2,1-4H3,(H,31,33). The highest BCUT2D eigenvalue weighted by atomic mass is 32.2. The molecule has 2 aromatic carbocycles. The van der Waals surface area contributed by atoms with Crippen LogP contribution >= 0.6 is 0 Å². The number of rotatable bonds is 6. The van der Waals surface area contributed by atoms with Gasteiger partial charge < -0.3 is 10.1 Å². The molecule has 10 heteroatoms. The molecule has 1 aliphatic rings. The molecule has 1 heterocycles. The zero-order valence-corrected chi connectivity index (χ0v) is 22.8. The van der Waals surface area contributed by atoms with Gasteiger partial charge in [0.15, 0.2) is 9.84 Å². The van der Waals surface area contributed by atoms with Gasteiger partial charge >= 0.3 is 6.09 Å². The first-order valence-electron chi connectivity index (χ1n) is 12.4. The smallest absolute Gasteiger partial charge is 0.410 e. The van der Waals surface area contributed by atoms with Crippen LogP contribution in [0.5, 0.6) is 0 Å². The van der Waals surface area contributed by atoms with E-state index in [4.69, 9.17) is 4.74 Å². The van der Waals surface area contributed by atoms with Gasteiger partial charge in [-0.05, 0) is 68.9 Å². The average Bonchev–Trinajstić information content (AvgIpc) is 2.86. The molecule has 0 spiro atoms. The first kappa shape index (κ1) is 28.7. The Kier molecular flexibility index (Phi) is 8.80. The van der Waals surface area contributed by atoms with E-state index in [1.54, 1.807) is 51.1 Å². The minimum atomic E-state index is -3.57. The number of nitrogens with one attached hydrogen (secondary N) is 1. The summed E-state index contributed by atoms with van der Waals surface area (Å²) in [5.41, 5.74) is 1.59. The van der Waals surface area contributed by atoms with E-state index >= 15 is 0 Å². The summed E-state index contributed by atoms with van der Waals surface area (Å²) >= 11 is 0. The lowest BCUT2D eigenvalue weighted by Crippen LogP contribution is -2.54. The van der Waals surface area contributed by atoms with Crippen LogP contribution in [0.15, 0.2) is 47.4 Å². The molecule has 2 unspecified atom stereocenters. The number of carbonyl (C=O) groups is 2. The molecule has 1 saturated heterocycles. The molecule has 0 bridgehead atoms. The van der Waals surface area contributed by atoms with E-state index < -0.39 is 33.6 Å². The fourth-order valence-electron chi connectivity index (χ4n) is 4.31. The van der Waals surface area contributed by atoms with Gasteiger partial charge in [-0.15, -0.1) is 0 Å². The Morgan fingerprint density at radius 1 is 1.11 bits per heavy atom. The third-order valence-electron chi connectivity index (χ3n) is 6.13. The number of hydrogen-bond acceptors (Lipinski definition) is 7. The summed E-state index contributed by atoms with van der Waals surface area (Å²) in [4.78, 5) is 27.1. The van der Waals surface area contributed by atoms with Gasteiger partial charge in [0.2, 0.25) is 5.91 Å². The van der Waals surface area contributed by atoms with Crippen molar-refractivity contribution in [2.45, 2.75) is 69.0 Å². The van der Waals surface area contributed by atoms with Crippen LogP contribution in [0.25, 0.3) is 11.1 Å². The lowest BCUT2D eigenvalue weighted by Gasteiger charge is -2.36. The molecule has 0 radical (unpaired) electrons. The van der Waals surface area contributed by atoms with Gasteiger partial charge in [-0.2, -0.15) is 10.5 Å². The lowest BCUT2D eigenvalue weighted by atomic mass is 9.99. The first-order chi connectivity index (χ1) is 17.8. The minimum Gasteiger partial charge on any atom is -0.444 e. The van der Waals surface area contributed by atoms with Crippen LogP contribution in [0.3, 0.4) is 0 Å². The molecule has 1 aliphatic heterocycles. The van der Waals surface area contributed by atoms with Crippen LogP contribution in [-0.2, 0) is 25.8 Å². The number of hydrogen-bond donors (Lipinski definition) is 1. The van der Waals surface area contributed by atoms with E-state index in [1.165, 1.54) is 17.0 Å². The summed E-state index contributed by atoms with van der Waals surface area (Å²) in [7, 11) is -3.57. The predicted octanol–water partition coefficient (Wildman–Crippen LogP) is 3.97. The van der Waals surface area contributed by atoms with E-state index in [0.29, 0.717) is 18.5 Å². The van der Waals surface area contributed by atoms with Gasteiger partial charge in [-0.3, -0.25) is 9.69 Å². The molecule has 9 nitrogen and oxygen atoms in total. The zero-order valence-electron chi connectivity index (χ0n) is 22.0.